The normalized spacial score (nSPS) is 12.2. The molecule has 0 radical (unpaired) electrons. The maximum atomic E-state index is 2.52. The van der Waals surface area contributed by atoms with Crippen LogP contribution in [0.2, 0.25) is 0 Å². The molecule has 2 nitrogen and oxygen atoms in total. The Hall–Kier alpha value is -6.64. The van der Waals surface area contributed by atoms with E-state index in [2.05, 4.69) is 191 Å². The molecular weight excluding hydrogens is 617 g/mol. The molecule has 0 aliphatic heterocycles. The first-order valence-electron chi connectivity index (χ1n) is 17.7. The van der Waals surface area contributed by atoms with Gasteiger partial charge in [-0.3, -0.25) is 0 Å². The first kappa shape index (κ1) is 28.2. The zero-order valence-electron chi connectivity index (χ0n) is 27.9. The van der Waals surface area contributed by atoms with E-state index < -0.39 is 0 Å². The van der Waals surface area contributed by atoms with Gasteiger partial charge in [0.15, 0.2) is 0 Å². The van der Waals surface area contributed by atoms with Gasteiger partial charge in [0.2, 0.25) is 0 Å². The molecule has 11 rings (SSSR count). The lowest BCUT2D eigenvalue weighted by Crippen LogP contribution is -1.97. The Morgan fingerprint density at radius 2 is 0.941 bits per heavy atom. The Bertz CT molecular complexity index is 2980. The average Bonchev–Trinajstić information content (AvgIpc) is 3.86. The summed E-state index contributed by atoms with van der Waals surface area (Å²) in [5, 5.41) is 5.11. The third-order valence-electron chi connectivity index (χ3n) is 10.9. The van der Waals surface area contributed by atoms with E-state index >= 15 is 0 Å². The van der Waals surface area contributed by atoms with Gasteiger partial charge in [-0.15, -0.1) is 0 Å². The van der Waals surface area contributed by atoms with Crippen LogP contribution in [0.1, 0.15) is 11.1 Å². The molecule has 2 aromatic heterocycles. The third-order valence-corrected chi connectivity index (χ3v) is 10.9. The van der Waals surface area contributed by atoms with Crippen molar-refractivity contribution >= 4 is 43.6 Å². The maximum Gasteiger partial charge on any atom is 0.0582 e. The summed E-state index contributed by atoms with van der Waals surface area (Å²) in [6.45, 7) is 0. The summed E-state index contributed by atoms with van der Waals surface area (Å²) in [7, 11) is 0. The van der Waals surface area contributed by atoms with Crippen molar-refractivity contribution in [3.8, 4) is 44.8 Å². The second-order valence-electron chi connectivity index (χ2n) is 13.7. The van der Waals surface area contributed by atoms with Gasteiger partial charge in [-0.25, -0.2) is 0 Å². The molecule has 0 atom stereocenters. The smallest absolute Gasteiger partial charge is 0.0582 e. The fraction of sp³-hybridized carbons (Fsp3) is 0.0204. The number of hydrogen-bond acceptors (Lipinski definition) is 0. The van der Waals surface area contributed by atoms with Crippen molar-refractivity contribution in [3.05, 3.63) is 193 Å². The maximum absolute atomic E-state index is 2.52. The van der Waals surface area contributed by atoms with E-state index in [1.807, 2.05) is 0 Å². The highest BCUT2D eigenvalue weighted by molar-refractivity contribution is 6.14. The zero-order chi connectivity index (χ0) is 33.5. The van der Waals surface area contributed by atoms with Crippen LogP contribution in [-0.4, -0.2) is 9.13 Å². The highest BCUT2D eigenvalue weighted by atomic mass is 15.0. The molecule has 0 fully saturated rings. The molecule has 0 bridgehead atoms. The summed E-state index contributed by atoms with van der Waals surface area (Å²) in [5.74, 6) is 0. The minimum atomic E-state index is 0.937. The number of benzene rings is 8. The van der Waals surface area contributed by atoms with Gasteiger partial charge in [0.1, 0.15) is 0 Å². The molecule has 1 aliphatic carbocycles. The lowest BCUT2D eigenvalue weighted by molar-refractivity contribution is 1.15. The van der Waals surface area contributed by atoms with Crippen LogP contribution >= 0.6 is 0 Å². The number of aromatic nitrogens is 2. The van der Waals surface area contributed by atoms with Crippen LogP contribution in [0.3, 0.4) is 0 Å². The van der Waals surface area contributed by atoms with Crippen LogP contribution in [0.4, 0.5) is 0 Å². The van der Waals surface area contributed by atoms with Crippen LogP contribution in [0.25, 0.3) is 88.4 Å². The summed E-state index contributed by atoms with van der Waals surface area (Å²) in [6.07, 6.45) is 0.937. The summed E-state index contributed by atoms with van der Waals surface area (Å²) in [6, 6.07) is 66.8. The van der Waals surface area contributed by atoms with Crippen molar-refractivity contribution in [3.63, 3.8) is 0 Å². The molecule has 0 N–H and O–H groups in total. The molecule has 8 aromatic carbocycles. The molecule has 10 aromatic rings. The second kappa shape index (κ2) is 10.9. The Labute approximate surface area is 296 Å². The molecular formula is C49H32N2. The average molecular weight is 649 g/mol. The van der Waals surface area contributed by atoms with Crippen LogP contribution in [0.5, 0.6) is 0 Å². The Morgan fingerprint density at radius 3 is 1.76 bits per heavy atom. The summed E-state index contributed by atoms with van der Waals surface area (Å²) in [4.78, 5) is 0. The van der Waals surface area contributed by atoms with E-state index in [4.69, 9.17) is 0 Å². The molecule has 2 heterocycles. The summed E-state index contributed by atoms with van der Waals surface area (Å²) in [5.41, 5.74) is 17.7. The molecule has 51 heavy (non-hydrogen) atoms. The van der Waals surface area contributed by atoms with E-state index in [1.165, 1.54) is 99.5 Å². The van der Waals surface area contributed by atoms with Crippen LogP contribution in [0, 0.1) is 0 Å². The van der Waals surface area contributed by atoms with Gasteiger partial charge in [-0.2, -0.15) is 0 Å². The zero-order valence-corrected chi connectivity index (χ0v) is 27.9. The number of nitrogens with zero attached hydrogens (tertiary/aromatic N) is 2. The van der Waals surface area contributed by atoms with Crippen molar-refractivity contribution in [2.75, 3.05) is 0 Å². The standard InChI is InChI=1S/C49H32N2/c1-3-12-32(13-4-1)33-15-11-18-38(28-33)51-48-27-23-35(30-44(48)42-25-24-40-39-19-8-7-14-36(39)31-45(40)49(42)51)34-22-26-47-43(29-34)41-20-9-10-21-46(41)50(47)37-16-5-2-6-17-37/h1-30H,31H2. The number of rotatable bonds is 4. The van der Waals surface area contributed by atoms with Crippen molar-refractivity contribution in [2.45, 2.75) is 6.42 Å². The predicted octanol–water partition coefficient (Wildman–Crippen LogP) is 12.8. The highest BCUT2D eigenvalue weighted by Gasteiger charge is 2.25. The Morgan fingerprint density at radius 1 is 0.333 bits per heavy atom. The molecule has 2 heteroatoms. The van der Waals surface area contributed by atoms with Gasteiger partial charge in [0.25, 0.3) is 0 Å². The largest absolute Gasteiger partial charge is 0.309 e. The first-order chi connectivity index (χ1) is 25.3. The molecule has 0 saturated heterocycles. The minimum absolute atomic E-state index is 0.937. The van der Waals surface area contributed by atoms with Gasteiger partial charge in [0.05, 0.1) is 22.1 Å². The van der Waals surface area contributed by atoms with Gasteiger partial charge in [-0.1, -0.05) is 127 Å². The van der Waals surface area contributed by atoms with Gasteiger partial charge >= 0.3 is 0 Å². The van der Waals surface area contributed by atoms with Crippen molar-refractivity contribution < 1.29 is 0 Å². The predicted molar refractivity (Wildman–Crippen MR) is 214 cm³/mol. The lowest BCUT2D eigenvalue weighted by Gasteiger charge is -2.13. The van der Waals surface area contributed by atoms with Crippen molar-refractivity contribution in [1.82, 2.24) is 9.13 Å². The van der Waals surface area contributed by atoms with E-state index in [0.717, 1.165) is 6.42 Å². The minimum Gasteiger partial charge on any atom is -0.309 e. The number of hydrogen-bond donors (Lipinski definition) is 0. The summed E-state index contributed by atoms with van der Waals surface area (Å²) < 4.78 is 4.90. The quantitative estimate of drug-likeness (QED) is 0.180. The van der Waals surface area contributed by atoms with Crippen molar-refractivity contribution in [1.29, 1.82) is 0 Å². The first-order valence-corrected chi connectivity index (χ1v) is 17.7. The number of fused-ring (bicyclic) bond motifs is 10. The van der Waals surface area contributed by atoms with E-state index in [9.17, 15) is 0 Å². The van der Waals surface area contributed by atoms with Gasteiger partial charge in [0, 0.05) is 39.3 Å². The second-order valence-corrected chi connectivity index (χ2v) is 13.7. The molecule has 0 amide bonds. The van der Waals surface area contributed by atoms with Crippen molar-refractivity contribution in [2.24, 2.45) is 0 Å². The summed E-state index contributed by atoms with van der Waals surface area (Å²) >= 11 is 0. The third kappa shape index (κ3) is 4.23. The molecule has 0 unspecified atom stereocenters. The van der Waals surface area contributed by atoms with Gasteiger partial charge in [-0.05, 0) is 99.1 Å². The van der Waals surface area contributed by atoms with E-state index in [1.54, 1.807) is 0 Å². The lowest BCUT2D eigenvalue weighted by atomic mass is 9.99. The van der Waals surface area contributed by atoms with Crippen LogP contribution in [-0.2, 0) is 6.42 Å². The van der Waals surface area contributed by atoms with Crippen LogP contribution < -0.4 is 0 Å². The molecule has 0 spiro atoms. The van der Waals surface area contributed by atoms with E-state index in [0.29, 0.717) is 0 Å². The number of para-hydroxylation sites is 2. The van der Waals surface area contributed by atoms with Gasteiger partial charge < -0.3 is 9.13 Å². The molecule has 238 valence electrons. The fourth-order valence-corrected chi connectivity index (χ4v) is 8.65. The highest BCUT2D eigenvalue weighted by Crippen LogP contribution is 2.45. The van der Waals surface area contributed by atoms with Crippen LogP contribution in [0.15, 0.2) is 182 Å². The fourth-order valence-electron chi connectivity index (χ4n) is 8.65. The molecule has 0 saturated carbocycles. The SMILES string of the molecule is c1ccc(-c2cccc(-n3c4ccc(-c5ccc6c(c5)c5ccccc5n6-c5ccccc5)cc4c4ccc5c(c43)Cc3ccccc3-5)c2)cc1. The Kier molecular flexibility index (Phi) is 6.05. The topological polar surface area (TPSA) is 9.86 Å². The molecule has 1 aliphatic rings. The monoisotopic (exact) mass is 648 g/mol. The van der Waals surface area contributed by atoms with E-state index in [-0.39, 0.29) is 0 Å². The Balaban J connectivity index is 1.14.